The number of rotatable bonds is 16. The molecule has 12 nitrogen and oxygen atoms in total. The molecule has 2 saturated carbocycles. The van der Waals surface area contributed by atoms with Gasteiger partial charge in [0.2, 0.25) is 42.8 Å². The first-order chi connectivity index (χ1) is 41.2. The Hall–Kier alpha value is -6.75. The van der Waals surface area contributed by atoms with Crippen molar-refractivity contribution in [2.75, 3.05) is 23.3 Å². The summed E-state index contributed by atoms with van der Waals surface area (Å²) < 4.78 is 239. The third-order valence-electron chi connectivity index (χ3n) is 15.4. The van der Waals surface area contributed by atoms with Crippen molar-refractivity contribution in [3.63, 3.8) is 0 Å². The molecule has 87 heavy (non-hydrogen) atoms. The number of benzene rings is 4. The average Bonchev–Trinajstić information content (AvgIpc) is 0.980. The van der Waals surface area contributed by atoms with E-state index in [0.29, 0.717) is 34.1 Å². The lowest BCUT2D eigenvalue weighted by Crippen LogP contribution is -2.59. The standard InChI is InChI=1S/C29H26F7N3O3S.C19H22F2N2.C10H5ClF5NO3S/c30-22-23(31)25(33)27(26(34)24(22)32)43(41,42)39-12-11-21(39)29(40)38(20-8-4-7-17(13-20)28(35)36)15-19-10-9-18(14-37-19)16-5-2-1-3-6-16;20-19(21)15-7-4-8-17(11-15)23-13-18-10-9-16(12-22-18)14-5-2-1-3-6-14;11-10(18)3-1-2-17(3)21(19,20)9-7(15)5(13)4(12)6(14)8(9)16/h4,7-10,13-14,16,21,28H,1-3,5-6,11-12,15H2;4,7-12,14,19,23H,1-3,5-6,13H2;3H,1-2H2/t21-;;3-/m1.1/s1. The lowest BCUT2D eigenvalue weighted by Gasteiger charge is -2.41. The summed E-state index contributed by atoms with van der Waals surface area (Å²) in [7, 11) is -10.5. The maximum Gasteiger partial charge on any atom is 0.263 e. The molecule has 4 aromatic carbocycles. The molecule has 29 heteroatoms. The van der Waals surface area contributed by atoms with Gasteiger partial charge in [-0.3, -0.25) is 19.6 Å². The number of nitrogens with zero attached hydrogens (tertiary/aromatic N) is 5. The zero-order valence-corrected chi connectivity index (χ0v) is 47.9. The molecule has 1 N–H and O–H groups in total. The topological polar surface area (TPSA) is 150 Å². The van der Waals surface area contributed by atoms with Gasteiger partial charge in [0.1, 0.15) is 12.1 Å². The summed E-state index contributed by atoms with van der Waals surface area (Å²) in [5.74, 6) is -24.7. The maximum atomic E-state index is 14.4. The van der Waals surface area contributed by atoms with Crippen LogP contribution in [0.1, 0.15) is 135 Å². The summed E-state index contributed by atoms with van der Waals surface area (Å²) >= 11 is 5.09. The highest BCUT2D eigenvalue weighted by molar-refractivity contribution is 7.89. The minimum atomic E-state index is -5.39. The van der Waals surface area contributed by atoms with E-state index >= 15 is 0 Å². The van der Waals surface area contributed by atoms with Crippen LogP contribution >= 0.6 is 11.6 Å². The van der Waals surface area contributed by atoms with E-state index in [9.17, 15) is 87.9 Å². The van der Waals surface area contributed by atoms with Gasteiger partial charge in [0.25, 0.3) is 12.9 Å². The van der Waals surface area contributed by atoms with Gasteiger partial charge in [-0.1, -0.05) is 74.9 Å². The van der Waals surface area contributed by atoms with E-state index in [-0.39, 0.29) is 41.5 Å². The van der Waals surface area contributed by atoms with Gasteiger partial charge >= 0.3 is 0 Å². The molecule has 2 saturated heterocycles. The largest absolute Gasteiger partial charge is 0.379 e. The number of sulfonamides is 2. The number of nitrogens with one attached hydrogen (secondary N) is 1. The van der Waals surface area contributed by atoms with Crippen LogP contribution in [-0.2, 0) is 42.7 Å². The molecular weight excluding hydrogens is 1240 g/mol. The van der Waals surface area contributed by atoms with Crippen LogP contribution in [0.25, 0.3) is 0 Å². The number of pyridine rings is 2. The number of carbonyl (C=O) groups is 2. The molecule has 1 amide bonds. The number of hydrogen-bond acceptors (Lipinski definition) is 9. The Balaban J connectivity index is 0.000000187. The summed E-state index contributed by atoms with van der Waals surface area (Å²) in [6, 6.07) is 15.9. The third-order valence-corrected chi connectivity index (χ3v) is 19.6. The van der Waals surface area contributed by atoms with E-state index in [0.717, 1.165) is 60.4 Å². The monoisotopic (exact) mass is 1290 g/mol. The van der Waals surface area contributed by atoms with Crippen molar-refractivity contribution in [3.8, 4) is 0 Å². The predicted octanol–water partition coefficient (Wildman–Crippen LogP) is 14.3. The summed E-state index contributed by atoms with van der Waals surface area (Å²) in [5, 5.41) is 2.04. The highest BCUT2D eigenvalue weighted by Gasteiger charge is 2.49. The number of anilines is 2. The van der Waals surface area contributed by atoms with Crippen molar-refractivity contribution >= 4 is 54.2 Å². The minimum Gasteiger partial charge on any atom is -0.379 e. The van der Waals surface area contributed by atoms with Crippen LogP contribution in [0.2, 0.25) is 0 Å². The second-order valence-corrected chi connectivity index (χ2v) is 24.9. The van der Waals surface area contributed by atoms with Gasteiger partial charge < -0.3 is 10.2 Å². The summed E-state index contributed by atoms with van der Waals surface area (Å²) in [5.41, 5.74) is 3.90. The van der Waals surface area contributed by atoms with Gasteiger partial charge in [-0.15, -0.1) is 0 Å². The molecule has 468 valence electrons. The van der Waals surface area contributed by atoms with Crippen molar-refractivity contribution in [3.05, 3.63) is 177 Å². The van der Waals surface area contributed by atoms with E-state index in [1.807, 2.05) is 18.3 Å². The first kappa shape index (κ1) is 66.2. The quantitative estimate of drug-likeness (QED) is 0.0432. The molecule has 0 spiro atoms. The van der Waals surface area contributed by atoms with Gasteiger partial charge in [-0.25, -0.2) is 78.3 Å². The Labute approximate surface area is 495 Å². The van der Waals surface area contributed by atoms with Crippen LogP contribution in [-0.4, -0.2) is 71.7 Å². The molecule has 0 radical (unpaired) electrons. The molecule has 4 aliphatic rings. The van der Waals surface area contributed by atoms with E-state index in [1.54, 1.807) is 24.4 Å². The fourth-order valence-corrected chi connectivity index (χ4v) is 14.3. The summed E-state index contributed by atoms with van der Waals surface area (Å²) in [6.45, 7) is -0.524. The molecule has 10 rings (SSSR count). The Bertz CT molecular complexity index is 3660. The molecule has 2 aliphatic heterocycles. The highest BCUT2D eigenvalue weighted by Crippen LogP contribution is 2.39. The van der Waals surface area contributed by atoms with E-state index < -0.39 is 136 Å². The fraction of sp³-hybridized carbons (Fsp3) is 0.379. The zero-order valence-electron chi connectivity index (χ0n) is 45.5. The molecular formula is C58H53ClF14N6O6S2. The predicted molar refractivity (Wildman–Crippen MR) is 289 cm³/mol. The van der Waals surface area contributed by atoms with Crippen LogP contribution in [0.3, 0.4) is 0 Å². The molecule has 4 fully saturated rings. The second-order valence-electron chi connectivity index (χ2n) is 20.9. The molecule has 2 aliphatic carbocycles. The van der Waals surface area contributed by atoms with Gasteiger partial charge in [-0.2, -0.15) is 8.61 Å². The lowest BCUT2D eigenvalue weighted by atomic mass is 9.85. The number of halogens is 15. The Morgan fingerprint density at radius 3 is 1.34 bits per heavy atom. The fourth-order valence-electron chi connectivity index (χ4n) is 10.5. The SMILES string of the molecule is FC(F)c1cccc(NCc2ccc(C3CCCCC3)cn2)c1.O=C(Cl)[C@H]1CCN1S(=O)(=O)c1c(F)c(F)c(F)c(F)c1F.O=C([C@H]1CCN1S(=O)(=O)c1c(F)c(F)c(F)c(F)c1F)N(Cc1ccc(C2CCCCC2)cn1)c1cccc(C(F)F)c1. The van der Waals surface area contributed by atoms with Crippen LogP contribution in [0.5, 0.6) is 0 Å². The average molecular weight is 1300 g/mol. The van der Waals surface area contributed by atoms with Crippen LogP contribution in [0.4, 0.5) is 72.8 Å². The number of aromatic nitrogens is 2. The molecule has 0 unspecified atom stereocenters. The van der Waals surface area contributed by atoms with Gasteiger partial charge in [-0.05, 0) is 109 Å². The summed E-state index contributed by atoms with van der Waals surface area (Å²) in [4.78, 5) is 30.6. The number of alkyl halides is 4. The second kappa shape index (κ2) is 28.2. The van der Waals surface area contributed by atoms with Crippen molar-refractivity contribution in [2.24, 2.45) is 0 Å². The van der Waals surface area contributed by atoms with Crippen molar-refractivity contribution in [2.45, 2.75) is 137 Å². The van der Waals surface area contributed by atoms with Crippen molar-refractivity contribution in [1.82, 2.24) is 18.6 Å². The highest BCUT2D eigenvalue weighted by atomic mass is 35.5. The molecule has 2 aromatic heterocycles. The van der Waals surface area contributed by atoms with Crippen LogP contribution < -0.4 is 10.2 Å². The van der Waals surface area contributed by atoms with E-state index in [2.05, 4.69) is 21.4 Å². The Kier molecular flexibility index (Phi) is 21.4. The van der Waals surface area contributed by atoms with E-state index in [4.69, 9.17) is 11.6 Å². The zero-order chi connectivity index (χ0) is 63.2. The Morgan fingerprint density at radius 1 is 0.529 bits per heavy atom. The summed E-state index contributed by atoms with van der Waals surface area (Å²) in [6.07, 6.45) is 10.0. The maximum absolute atomic E-state index is 14.4. The normalized spacial score (nSPS) is 17.8. The van der Waals surface area contributed by atoms with Crippen LogP contribution in [0, 0.1) is 58.2 Å². The molecule has 6 aromatic rings. The molecule has 2 atom stereocenters. The van der Waals surface area contributed by atoms with Crippen molar-refractivity contribution < 1.29 is 87.9 Å². The lowest BCUT2D eigenvalue weighted by molar-refractivity contribution is -0.125. The van der Waals surface area contributed by atoms with Gasteiger partial charge in [0.05, 0.1) is 24.5 Å². The third kappa shape index (κ3) is 14.6. The minimum absolute atomic E-state index is 0.0169. The van der Waals surface area contributed by atoms with Crippen LogP contribution in [0.15, 0.2) is 95.0 Å². The molecule has 0 bridgehead atoms. The van der Waals surface area contributed by atoms with E-state index in [1.165, 1.54) is 61.9 Å². The molecule has 4 heterocycles. The number of hydrogen-bond donors (Lipinski definition) is 1. The first-order valence-corrected chi connectivity index (χ1v) is 30.5. The van der Waals surface area contributed by atoms with Gasteiger partial charge in [0, 0.05) is 48.0 Å². The Morgan fingerprint density at radius 2 is 0.943 bits per heavy atom. The number of amides is 1. The smallest absolute Gasteiger partial charge is 0.263 e. The number of carbonyl (C=O) groups excluding carboxylic acids is 2. The first-order valence-electron chi connectivity index (χ1n) is 27.2. The van der Waals surface area contributed by atoms with Gasteiger partial charge in [0.15, 0.2) is 56.3 Å². The van der Waals surface area contributed by atoms with Crippen molar-refractivity contribution in [1.29, 1.82) is 0 Å².